The molecule has 0 aromatic rings. The van der Waals surface area contributed by atoms with Crippen LogP contribution >= 0.6 is 0 Å². The second kappa shape index (κ2) is 6.58. The van der Waals surface area contributed by atoms with E-state index in [2.05, 4.69) is 10.6 Å². The molecule has 0 radical (unpaired) electrons. The minimum absolute atomic E-state index is 0.0190. The van der Waals surface area contributed by atoms with Crippen LogP contribution in [0.3, 0.4) is 0 Å². The molecule has 1 atom stereocenters. The summed E-state index contributed by atoms with van der Waals surface area (Å²) in [6.45, 7) is 2.77. The van der Waals surface area contributed by atoms with Crippen LogP contribution in [0.5, 0.6) is 0 Å². The van der Waals surface area contributed by atoms with Crippen molar-refractivity contribution in [3.63, 3.8) is 0 Å². The maximum atomic E-state index is 11.4. The predicted molar refractivity (Wildman–Crippen MR) is 61.7 cm³/mol. The molecule has 1 fully saturated rings. The Morgan fingerprint density at radius 2 is 2.40 bits per heavy atom. The van der Waals surface area contributed by atoms with Gasteiger partial charge in [0.05, 0.1) is 0 Å². The summed E-state index contributed by atoms with van der Waals surface area (Å²) in [6.07, 6.45) is 5.73. The number of nitrogens with zero attached hydrogens (tertiary/aromatic N) is 1. The van der Waals surface area contributed by atoms with Crippen LogP contribution in [0, 0.1) is 0 Å². The average Bonchev–Trinajstić information content (AvgIpc) is 2.18. The maximum Gasteiger partial charge on any atom is 0.243 e. The number of hydrogen-bond acceptors (Lipinski definition) is 3. The summed E-state index contributed by atoms with van der Waals surface area (Å²) in [6, 6.07) is 0.301. The lowest BCUT2D eigenvalue weighted by Gasteiger charge is -2.23. The number of hydrogen-bond donors (Lipinski definition) is 2. The Kier molecular flexibility index (Phi) is 5.36. The van der Waals surface area contributed by atoms with E-state index in [4.69, 9.17) is 0 Å². The Labute approximate surface area is 91.7 Å². The predicted octanol–water partition coefficient (Wildman–Crippen LogP) is -0.0276. The molecule has 1 amide bonds. The second-order valence-electron chi connectivity index (χ2n) is 4.22. The quantitative estimate of drug-likeness (QED) is 0.642. The number of carbonyl (C=O) groups excluding carboxylic acids is 1. The van der Waals surface area contributed by atoms with Crippen molar-refractivity contribution >= 4 is 5.91 Å². The summed E-state index contributed by atoms with van der Waals surface area (Å²) in [5, 5.41) is 6.25. The number of piperidine rings is 1. The van der Waals surface area contributed by atoms with Crippen molar-refractivity contribution < 1.29 is 4.79 Å². The lowest BCUT2D eigenvalue weighted by Crippen LogP contribution is -2.45. The van der Waals surface area contributed by atoms with Gasteiger partial charge in [-0.2, -0.15) is 0 Å². The number of nitrogens with one attached hydrogen (secondary N) is 2. The Balaban J connectivity index is 2.19. The molecule has 0 aliphatic carbocycles. The lowest BCUT2D eigenvalue weighted by molar-refractivity contribution is -0.117. The molecule has 0 spiro atoms. The molecule has 0 saturated carbocycles. The molecule has 1 saturated heterocycles. The van der Waals surface area contributed by atoms with Crippen LogP contribution in [0.4, 0.5) is 0 Å². The van der Waals surface area contributed by atoms with E-state index in [1.807, 2.05) is 25.1 Å². The zero-order valence-corrected chi connectivity index (χ0v) is 9.62. The van der Waals surface area contributed by atoms with E-state index in [0.717, 1.165) is 32.5 Å². The second-order valence-corrected chi connectivity index (χ2v) is 4.22. The van der Waals surface area contributed by atoms with Gasteiger partial charge in [-0.1, -0.05) is 6.08 Å². The molecule has 86 valence electrons. The topological polar surface area (TPSA) is 44.4 Å². The summed E-state index contributed by atoms with van der Waals surface area (Å²) in [5.74, 6) is 0.0190. The van der Waals surface area contributed by atoms with Crippen LogP contribution in [0.15, 0.2) is 12.2 Å². The molecule has 0 aromatic carbocycles. The fourth-order valence-electron chi connectivity index (χ4n) is 1.59. The van der Waals surface area contributed by atoms with E-state index >= 15 is 0 Å². The van der Waals surface area contributed by atoms with E-state index in [1.54, 1.807) is 6.08 Å². The molecule has 2 N–H and O–H groups in total. The van der Waals surface area contributed by atoms with Gasteiger partial charge in [-0.15, -0.1) is 0 Å². The SMILES string of the molecule is CN(C)C/C=C/C(=O)N[C@H]1CCCNC1. The number of rotatable bonds is 4. The van der Waals surface area contributed by atoms with E-state index in [-0.39, 0.29) is 5.91 Å². The minimum Gasteiger partial charge on any atom is -0.349 e. The highest BCUT2D eigenvalue weighted by Crippen LogP contribution is 2.00. The highest BCUT2D eigenvalue weighted by Gasteiger charge is 2.13. The van der Waals surface area contributed by atoms with Crippen LogP contribution in [0.2, 0.25) is 0 Å². The first kappa shape index (κ1) is 12.2. The van der Waals surface area contributed by atoms with E-state index in [0.29, 0.717) is 6.04 Å². The smallest absolute Gasteiger partial charge is 0.243 e. The maximum absolute atomic E-state index is 11.4. The van der Waals surface area contributed by atoms with Crippen molar-refractivity contribution in [2.45, 2.75) is 18.9 Å². The zero-order chi connectivity index (χ0) is 11.1. The number of amides is 1. The van der Waals surface area contributed by atoms with E-state index in [9.17, 15) is 4.79 Å². The van der Waals surface area contributed by atoms with Gasteiger partial charge in [-0.25, -0.2) is 0 Å². The highest BCUT2D eigenvalue weighted by molar-refractivity contribution is 5.87. The molecule has 1 rings (SSSR count). The van der Waals surface area contributed by atoms with Gasteiger partial charge >= 0.3 is 0 Å². The van der Waals surface area contributed by atoms with Crippen LogP contribution in [-0.4, -0.2) is 50.6 Å². The first-order chi connectivity index (χ1) is 7.18. The van der Waals surface area contributed by atoms with E-state index in [1.165, 1.54) is 0 Å². The molecular weight excluding hydrogens is 190 g/mol. The molecule has 1 aliphatic heterocycles. The van der Waals surface area contributed by atoms with Crippen molar-refractivity contribution in [1.29, 1.82) is 0 Å². The van der Waals surface area contributed by atoms with Crippen molar-refractivity contribution in [1.82, 2.24) is 15.5 Å². The Hall–Kier alpha value is -0.870. The minimum atomic E-state index is 0.0190. The molecule has 4 nitrogen and oxygen atoms in total. The molecule has 15 heavy (non-hydrogen) atoms. The third kappa shape index (κ3) is 5.54. The molecule has 0 bridgehead atoms. The number of carbonyl (C=O) groups is 1. The Bertz CT molecular complexity index is 220. The Morgan fingerprint density at radius 3 is 3.00 bits per heavy atom. The summed E-state index contributed by atoms with van der Waals surface area (Å²) >= 11 is 0. The van der Waals surface area contributed by atoms with Crippen molar-refractivity contribution in [3.8, 4) is 0 Å². The molecule has 1 heterocycles. The fraction of sp³-hybridized carbons (Fsp3) is 0.727. The third-order valence-electron chi connectivity index (χ3n) is 2.38. The van der Waals surface area contributed by atoms with Gasteiger partial charge in [0, 0.05) is 25.2 Å². The van der Waals surface area contributed by atoms with Crippen molar-refractivity contribution in [2.24, 2.45) is 0 Å². The molecule has 0 aromatic heterocycles. The van der Waals surface area contributed by atoms with Gasteiger partial charge in [0.25, 0.3) is 0 Å². The molecule has 1 aliphatic rings. The van der Waals surface area contributed by atoms with Gasteiger partial charge in [-0.05, 0) is 33.5 Å². The monoisotopic (exact) mass is 211 g/mol. The Morgan fingerprint density at radius 1 is 1.60 bits per heavy atom. The van der Waals surface area contributed by atoms with Crippen LogP contribution < -0.4 is 10.6 Å². The zero-order valence-electron chi connectivity index (χ0n) is 9.62. The normalized spacial score (nSPS) is 22.2. The summed E-state index contributed by atoms with van der Waals surface area (Å²) in [5.41, 5.74) is 0. The van der Waals surface area contributed by atoms with Crippen LogP contribution in [0.25, 0.3) is 0 Å². The molecule has 4 heteroatoms. The highest BCUT2D eigenvalue weighted by atomic mass is 16.1. The van der Waals surface area contributed by atoms with Gasteiger partial charge < -0.3 is 15.5 Å². The van der Waals surface area contributed by atoms with Gasteiger partial charge in [-0.3, -0.25) is 4.79 Å². The third-order valence-corrected chi connectivity index (χ3v) is 2.38. The lowest BCUT2D eigenvalue weighted by atomic mass is 10.1. The first-order valence-corrected chi connectivity index (χ1v) is 5.51. The van der Waals surface area contributed by atoms with Crippen LogP contribution in [-0.2, 0) is 4.79 Å². The van der Waals surface area contributed by atoms with Gasteiger partial charge in [0.1, 0.15) is 0 Å². The molecular formula is C11H21N3O. The van der Waals surface area contributed by atoms with Crippen molar-refractivity contribution in [2.75, 3.05) is 33.7 Å². The summed E-state index contributed by atoms with van der Waals surface area (Å²) < 4.78 is 0. The largest absolute Gasteiger partial charge is 0.349 e. The van der Waals surface area contributed by atoms with Crippen molar-refractivity contribution in [3.05, 3.63) is 12.2 Å². The van der Waals surface area contributed by atoms with E-state index < -0.39 is 0 Å². The molecule has 0 unspecified atom stereocenters. The number of likely N-dealkylation sites (N-methyl/N-ethyl adjacent to an activating group) is 1. The summed E-state index contributed by atoms with van der Waals surface area (Å²) in [4.78, 5) is 13.5. The van der Waals surface area contributed by atoms with Gasteiger partial charge in [0.15, 0.2) is 0 Å². The average molecular weight is 211 g/mol. The van der Waals surface area contributed by atoms with Gasteiger partial charge in [0.2, 0.25) is 5.91 Å². The van der Waals surface area contributed by atoms with Crippen LogP contribution in [0.1, 0.15) is 12.8 Å². The standard InChI is InChI=1S/C11H21N3O/c1-14(2)8-4-6-11(15)13-10-5-3-7-12-9-10/h4,6,10,12H,3,5,7-9H2,1-2H3,(H,13,15)/b6-4+/t10-/m0/s1. The summed E-state index contributed by atoms with van der Waals surface area (Å²) in [7, 11) is 3.96. The fourth-order valence-corrected chi connectivity index (χ4v) is 1.59. The first-order valence-electron chi connectivity index (χ1n) is 5.51.